The number of fused-ring (bicyclic) bond motifs is 1. The Morgan fingerprint density at radius 2 is 2.05 bits per heavy atom. The second-order valence-electron chi connectivity index (χ2n) is 4.85. The number of nitrogens with zero attached hydrogens (tertiary/aromatic N) is 6. The average molecular weight is 347 g/mol. The molecular weight excluding hydrogens is 332 g/mol. The fraction of sp³-hybridized carbons (Fsp3) is 0.286. The van der Waals surface area contributed by atoms with Gasteiger partial charge in [0.25, 0.3) is 0 Å². The highest BCUT2D eigenvalue weighted by Crippen LogP contribution is 2.32. The van der Waals surface area contributed by atoms with Crippen molar-refractivity contribution in [2.24, 2.45) is 7.05 Å². The van der Waals surface area contributed by atoms with Gasteiger partial charge in [-0.05, 0) is 35.0 Å². The highest BCUT2D eigenvalue weighted by atomic mass is 79.9. The van der Waals surface area contributed by atoms with Gasteiger partial charge in [0.05, 0.1) is 17.1 Å². The van der Waals surface area contributed by atoms with E-state index >= 15 is 0 Å². The van der Waals surface area contributed by atoms with Crippen LogP contribution in [0.3, 0.4) is 0 Å². The summed E-state index contributed by atoms with van der Waals surface area (Å²) in [5.74, 6) is 0.832. The Morgan fingerprint density at radius 3 is 2.76 bits per heavy atom. The molecule has 0 fully saturated rings. The second kappa shape index (κ2) is 5.40. The van der Waals surface area contributed by atoms with Crippen molar-refractivity contribution in [1.82, 2.24) is 24.7 Å². The maximum atomic E-state index is 4.43. The Balaban J connectivity index is 2.08. The van der Waals surface area contributed by atoms with Crippen LogP contribution in [0.5, 0.6) is 0 Å². The van der Waals surface area contributed by atoms with Crippen LogP contribution >= 0.6 is 15.9 Å². The number of aromatic nitrogens is 5. The van der Waals surface area contributed by atoms with Crippen molar-refractivity contribution in [3.05, 3.63) is 41.0 Å². The van der Waals surface area contributed by atoms with Gasteiger partial charge in [0.2, 0.25) is 0 Å². The molecule has 0 radical (unpaired) electrons. The van der Waals surface area contributed by atoms with Crippen molar-refractivity contribution >= 4 is 32.8 Å². The zero-order valence-corrected chi connectivity index (χ0v) is 13.6. The minimum absolute atomic E-state index is 0.0939. The van der Waals surface area contributed by atoms with Crippen molar-refractivity contribution < 1.29 is 0 Å². The molecule has 0 spiro atoms. The Bertz CT molecular complexity index is 770. The lowest BCUT2D eigenvalue weighted by atomic mass is 10.2. The van der Waals surface area contributed by atoms with Crippen LogP contribution in [0, 0.1) is 0 Å². The maximum absolute atomic E-state index is 4.43. The zero-order chi connectivity index (χ0) is 15.0. The quantitative estimate of drug-likeness (QED) is 0.729. The lowest BCUT2D eigenvalue weighted by molar-refractivity contribution is 0.706. The van der Waals surface area contributed by atoms with Crippen LogP contribution in [0.4, 0.5) is 5.82 Å². The van der Waals surface area contributed by atoms with E-state index in [1.165, 1.54) is 0 Å². The van der Waals surface area contributed by atoms with Gasteiger partial charge in [-0.1, -0.05) is 6.07 Å². The molecule has 6 nitrogen and oxygen atoms in total. The van der Waals surface area contributed by atoms with E-state index in [2.05, 4.69) is 47.8 Å². The number of aryl methyl sites for hydroxylation is 1. The SMILES string of the molecule is CC(c1ccccn1)N(C)c1ncnc2c1c(Br)nn2C. The summed E-state index contributed by atoms with van der Waals surface area (Å²) < 4.78 is 2.49. The fourth-order valence-electron chi connectivity index (χ4n) is 2.30. The van der Waals surface area contributed by atoms with E-state index in [-0.39, 0.29) is 6.04 Å². The third-order valence-corrected chi connectivity index (χ3v) is 4.14. The molecule has 0 bridgehead atoms. The summed E-state index contributed by atoms with van der Waals surface area (Å²) in [5, 5.41) is 5.26. The van der Waals surface area contributed by atoms with Crippen molar-refractivity contribution in [2.45, 2.75) is 13.0 Å². The van der Waals surface area contributed by atoms with Crippen LogP contribution in [0.1, 0.15) is 18.7 Å². The van der Waals surface area contributed by atoms with Crippen molar-refractivity contribution in [2.75, 3.05) is 11.9 Å². The lowest BCUT2D eigenvalue weighted by Crippen LogP contribution is -2.23. The summed E-state index contributed by atoms with van der Waals surface area (Å²) >= 11 is 3.49. The molecule has 0 amide bonds. The Kier molecular flexibility index (Phi) is 3.59. The summed E-state index contributed by atoms with van der Waals surface area (Å²) in [6.45, 7) is 2.10. The van der Waals surface area contributed by atoms with Crippen molar-refractivity contribution in [3.8, 4) is 0 Å². The van der Waals surface area contributed by atoms with Crippen LogP contribution in [0.2, 0.25) is 0 Å². The largest absolute Gasteiger partial charge is 0.351 e. The molecule has 0 aliphatic carbocycles. The molecular formula is C14H15BrN6. The van der Waals surface area contributed by atoms with Crippen LogP contribution in [0.15, 0.2) is 35.3 Å². The van der Waals surface area contributed by atoms with Gasteiger partial charge in [-0.2, -0.15) is 5.10 Å². The summed E-state index contributed by atoms with van der Waals surface area (Å²) in [6, 6.07) is 6.01. The molecule has 0 saturated heterocycles. The first-order valence-corrected chi connectivity index (χ1v) is 7.36. The molecule has 1 atom stereocenters. The van der Waals surface area contributed by atoms with Crippen LogP contribution in [-0.4, -0.2) is 31.8 Å². The van der Waals surface area contributed by atoms with E-state index in [0.29, 0.717) is 0 Å². The molecule has 0 aromatic carbocycles. The highest BCUT2D eigenvalue weighted by Gasteiger charge is 2.20. The second-order valence-corrected chi connectivity index (χ2v) is 5.60. The molecule has 0 aliphatic rings. The van der Waals surface area contributed by atoms with E-state index < -0.39 is 0 Å². The Morgan fingerprint density at radius 1 is 1.24 bits per heavy atom. The number of rotatable bonds is 3. The maximum Gasteiger partial charge on any atom is 0.164 e. The first-order valence-electron chi connectivity index (χ1n) is 6.56. The van der Waals surface area contributed by atoms with E-state index in [4.69, 9.17) is 0 Å². The molecule has 3 aromatic rings. The van der Waals surface area contributed by atoms with Gasteiger partial charge in [0, 0.05) is 20.3 Å². The summed E-state index contributed by atoms with van der Waals surface area (Å²) in [7, 11) is 3.87. The molecule has 3 heterocycles. The van der Waals surface area contributed by atoms with Crippen LogP contribution in [-0.2, 0) is 7.05 Å². The van der Waals surface area contributed by atoms with Gasteiger partial charge in [0.15, 0.2) is 5.65 Å². The monoisotopic (exact) mass is 346 g/mol. The number of hydrogen-bond donors (Lipinski definition) is 0. The van der Waals surface area contributed by atoms with Crippen molar-refractivity contribution in [1.29, 1.82) is 0 Å². The molecule has 1 unspecified atom stereocenters. The molecule has 7 heteroatoms. The Hall–Kier alpha value is -2.02. The number of anilines is 1. The normalized spacial score (nSPS) is 12.6. The molecule has 3 aromatic heterocycles. The van der Waals surface area contributed by atoms with Gasteiger partial charge in [-0.3, -0.25) is 4.98 Å². The molecule has 108 valence electrons. The predicted octanol–water partition coefficient (Wildman–Crippen LogP) is 2.72. The molecule has 3 rings (SSSR count). The fourth-order valence-corrected chi connectivity index (χ4v) is 2.89. The smallest absolute Gasteiger partial charge is 0.164 e. The third kappa shape index (κ3) is 2.37. The van der Waals surface area contributed by atoms with Gasteiger partial charge >= 0.3 is 0 Å². The molecule has 0 saturated carbocycles. The number of halogens is 1. The molecule has 0 aliphatic heterocycles. The zero-order valence-electron chi connectivity index (χ0n) is 12.0. The standard InChI is InChI=1S/C14H15BrN6/c1-9(10-6-4-5-7-16-10)20(2)13-11-12(15)19-21(3)14(11)18-8-17-13/h4-9H,1-3H3. The summed E-state index contributed by atoms with van der Waals surface area (Å²) in [5.41, 5.74) is 1.79. The minimum atomic E-state index is 0.0939. The van der Waals surface area contributed by atoms with Gasteiger partial charge in [-0.25, -0.2) is 14.6 Å². The van der Waals surface area contributed by atoms with E-state index in [0.717, 1.165) is 27.1 Å². The Labute approximate surface area is 131 Å². The predicted molar refractivity (Wildman–Crippen MR) is 85.1 cm³/mol. The average Bonchev–Trinajstić information content (AvgIpc) is 2.82. The lowest BCUT2D eigenvalue weighted by Gasteiger charge is -2.25. The van der Waals surface area contributed by atoms with Gasteiger partial charge in [0.1, 0.15) is 16.7 Å². The summed E-state index contributed by atoms with van der Waals surface area (Å²) in [4.78, 5) is 15.2. The van der Waals surface area contributed by atoms with Gasteiger partial charge in [-0.15, -0.1) is 0 Å². The minimum Gasteiger partial charge on any atom is -0.351 e. The van der Waals surface area contributed by atoms with Crippen LogP contribution < -0.4 is 4.90 Å². The van der Waals surface area contributed by atoms with Crippen molar-refractivity contribution in [3.63, 3.8) is 0 Å². The van der Waals surface area contributed by atoms with Crippen LogP contribution in [0.25, 0.3) is 11.0 Å². The topological polar surface area (TPSA) is 59.7 Å². The molecule has 0 N–H and O–H groups in total. The van der Waals surface area contributed by atoms with E-state index in [1.807, 2.05) is 32.3 Å². The molecule has 21 heavy (non-hydrogen) atoms. The first-order chi connectivity index (χ1) is 10.1. The first kappa shape index (κ1) is 13.9. The third-order valence-electron chi connectivity index (χ3n) is 3.59. The van der Waals surface area contributed by atoms with E-state index in [1.54, 1.807) is 17.2 Å². The number of pyridine rings is 1. The summed E-state index contributed by atoms with van der Waals surface area (Å²) in [6.07, 6.45) is 3.36. The number of hydrogen-bond acceptors (Lipinski definition) is 5. The highest BCUT2D eigenvalue weighted by molar-refractivity contribution is 9.10. The van der Waals surface area contributed by atoms with E-state index in [9.17, 15) is 0 Å². The van der Waals surface area contributed by atoms with Gasteiger partial charge < -0.3 is 4.90 Å².